The molecule has 0 radical (unpaired) electrons. The standard InChI is InChI=1S/C11H20N2O4/c1-4-8(3)13-9(14)6-7-12-10(15)11(16)17-5-2/h8H,4-7H2,1-3H3,(H,12,15)(H,13,14). The first-order chi connectivity index (χ1) is 8.01. The van der Waals surface area contributed by atoms with Crippen molar-refractivity contribution in [3.05, 3.63) is 0 Å². The van der Waals surface area contributed by atoms with Gasteiger partial charge in [-0.1, -0.05) is 6.92 Å². The lowest BCUT2D eigenvalue weighted by molar-refractivity contribution is -0.154. The summed E-state index contributed by atoms with van der Waals surface area (Å²) < 4.78 is 4.49. The zero-order valence-corrected chi connectivity index (χ0v) is 10.5. The van der Waals surface area contributed by atoms with Gasteiger partial charge in [0.15, 0.2) is 0 Å². The van der Waals surface area contributed by atoms with E-state index in [1.54, 1.807) is 6.92 Å². The van der Waals surface area contributed by atoms with Crippen molar-refractivity contribution < 1.29 is 19.1 Å². The molecule has 0 saturated carbocycles. The molecule has 0 aromatic heterocycles. The quantitative estimate of drug-likeness (QED) is 0.507. The third-order valence-electron chi connectivity index (χ3n) is 2.12. The summed E-state index contributed by atoms with van der Waals surface area (Å²) in [6.45, 7) is 5.76. The Morgan fingerprint density at radius 3 is 2.41 bits per heavy atom. The van der Waals surface area contributed by atoms with Gasteiger partial charge in [-0.3, -0.25) is 9.59 Å². The van der Waals surface area contributed by atoms with E-state index >= 15 is 0 Å². The van der Waals surface area contributed by atoms with Crippen LogP contribution < -0.4 is 10.6 Å². The third-order valence-corrected chi connectivity index (χ3v) is 2.12. The van der Waals surface area contributed by atoms with Gasteiger partial charge < -0.3 is 15.4 Å². The van der Waals surface area contributed by atoms with E-state index in [9.17, 15) is 14.4 Å². The van der Waals surface area contributed by atoms with E-state index in [4.69, 9.17) is 0 Å². The molecule has 2 N–H and O–H groups in total. The van der Waals surface area contributed by atoms with Gasteiger partial charge in [-0.25, -0.2) is 4.79 Å². The van der Waals surface area contributed by atoms with Crippen LogP contribution in [-0.4, -0.2) is 37.0 Å². The molecule has 0 heterocycles. The van der Waals surface area contributed by atoms with Crippen LogP contribution in [0.5, 0.6) is 0 Å². The van der Waals surface area contributed by atoms with Gasteiger partial charge in [-0.05, 0) is 20.3 Å². The zero-order valence-electron chi connectivity index (χ0n) is 10.5. The maximum absolute atomic E-state index is 11.3. The number of hydrogen-bond donors (Lipinski definition) is 2. The van der Waals surface area contributed by atoms with Crippen molar-refractivity contribution >= 4 is 17.8 Å². The molecule has 1 atom stereocenters. The van der Waals surface area contributed by atoms with Crippen LogP contribution in [0.3, 0.4) is 0 Å². The van der Waals surface area contributed by atoms with Crippen LogP contribution in [0.25, 0.3) is 0 Å². The Balaban J connectivity index is 3.73. The van der Waals surface area contributed by atoms with Crippen molar-refractivity contribution in [2.75, 3.05) is 13.2 Å². The molecule has 0 aliphatic rings. The Hall–Kier alpha value is -1.59. The minimum absolute atomic E-state index is 0.114. The Morgan fingerprint density at radius 1 is 1.24 bits per heavy atom. The molecule has 0 spiro atoms. The molecule has 0 saturated heterocycles. The molecular weight excluding hydrogens is 224 g/mol. The van der Waals surface area contributed by atoms with E-state index in [-0.39, 0.29) is 31.5 Å². The lowest BCUT2D eigenvalue weighted by Crippen LogP contribution is -2.37. The normalized spacial score (nSPS) is 11.5. The minimum Gasteiger partial charge on any atom is -0.459 e. The van der Waals surface area contributed by atoms with Crippen LogP contribution in [-0.2, 0) is 19.1 Å². The SMILES string of the molecule is CCOC(=O)C(=O)NCCC(=O)NC(C)CC. The molecule has 6 heteroatoms. The number of carbonyl (C=O) groups is 3. The number of hydrogen-bond acceptors (Lipinski definition) is 4. The second-order valence-electron chi connectivity index (χ2n) is 3.60. The van der Waals surface area contributed by atoms with Crippen molar-refractivity contribution in [3.8, 4) is 0 Å². The van der Waals surface area contributed by atoms with Gasteiger partial charge in [-0.2, -0.15) is 0 Å². The molecule has 98 valence electrons. The van der Waals surface area contributed by atoms with Crippen LogP contribution in [0, 0.1) is 0 Å². The Kier molecular flexibility index (Phi) is 7.75. The van der Waals surface area contributed by atoms with Crippen LogP contribution in [0.15, 0.2) is 0 Å². The highest BCUT2D eigenvalue weighted by Gasteiger charge is 2.14. The van der Waals surface area contributed by atoms with Crippen LogP contribution in [0.1, 0.15) is 33.6 Å². The van der Waals surface area contributed by atoms with Crippen molar-refractivity contribution in [3.63, 3.8) is 0 Å². The van der Waals surface area contributed by atoms with Crippen molar-refractivity contribution in [1.82, 2.24) is 10.6 Å². The molecule has 0 fully saturated rings. The summed E-state index contributed by atoms with van der Waals surface area (Å²) >= 11 is 0. The molecule has 0 aliphatic heterocycles. The highest BCUT2D eigenvalue weighted by Crippen LogP contribution is 1.89. The fourth-order valence-electron chi connectivity index (χ4n) is 1.01. The smallest absolute Gasteiger partial charge is 0.396 e. The van der Waals surface area contributed by atoms with E-state index in [1.807, 2.05) is 13.8 Å². The molecule has 0 aromatic rings. The molecule has 1 unspecified atom stereocenters. The van der Waals surface area contributed by atoms with E-state index in [2.05, 4.69) is 15.4 Å². The molecule has 0 aliphatic carbocycles. The van der Waals surface area contributed by atoms with E-state index in [0.29, 0.717) is 0 Å². The first-order valence-corrected chi connectivity index (χ1v) is 5.75. The topological polar surface area (TPSA) is 84.5 Å². The molecule has 17 heavy (non-hydrogen) atoms. The molecule has 6 nitrogen and oxygen atoms in total. The van der Waals surface area contributed by atoms with E-state index < -0.39 is 11.9 Å². The zero-order chi connectivity index (χ0) is 13.3. The predicted molar refractivity (Wildman–Crippen MR) is 62.2 cm³/mol. The molecule has 0 rings (SSSR count). The third kappa shape index (κ3) is 7.32. The summed E-state index contributed by atoms with van der Waals surface area (Å²) in [7, 11) is 0. The lowest BCUT2D eigenvalue weighted by atomic mass is 10.2. The van der Waals surface area contributed by atoms with Crippen LogP contribution in [0.2, 0.25) is 0 Å². The van der Waals surface area contributed by atoms with Gasteiger partial charge >= 0.3 is 11.9 Å². The Labute approximate surface area is 101 Å². The van der Waals surface area contributed by atoms with E-state index in [0.717, 1.165) is 6.42 Å². The average molecular weight is 244 g/mol. The first-order valence-electron chi connectivity index (χ1n) is 5.75. The maximum Gasteiger partial charge on any atom is 0.396 e. The summed E-state index contributed by atoms with van der Waals surface area (Å²) in [5, 5.41) is 5.07. The van der Waals surface area contributed by atoms with Crippen LogP contribution in [0.4, 0.5) is 0 Å². The number of ether oxygens (including phenoxy) is 1. The monoisotopic (exact) mass is 244 g/mol. The molecular formula is C11H20N2O4. The Bertz CT molecular complexity index is 279. The lowest BCUT2D eigenvalue weighted by Gasteiger charge is -2.11. The van der Waals surface area contributed by atoms with Crippen molar-refractivity contribution in [2.45, 2.75) is 39.7 Å². The highest BCUT2D eigenvalue weighted by atomic mass is 16.5. The summed E-state index contributed by atoms with van der Waals surface area (Å²) in [6.07, 6.45) is 0.996. The summed E-state index contributed by atoms with van der Waals surface area (Å²) in [6, 6.07) is 0.114. The number of esters is 1. The molecule has 0 aromatic carbocycles. The highest BCUT2D eigenvalue weighted by molar-refractivity contribution is 6.32. The van der Waals surface area contributed by atoms with Gasteiger partial charge in [-0.15, -0.1) is 0 Å². The molecule has 0 bridgehead atoms. The molecule has 2 amide bonds. The van der Waals surface area contributed by atoms with Gasteiger partial charge in [0, 0.05) is 19.0 Å². The number of amides is 2. The van der Waals surface area contributed by atoms with Crippen LogP contribution >= 0.6 is 0 Å². The average Bonchev–Trinajstić information content (AvgIpc) is 2.28. The van der Waals surface area contributed by atoms with Gasteiger partial charge in [0.1, 0.15) is 0 Å². The fraction of sp³-hybridized carbons (Fsp3) is 0.727. The number of carbonyl (C=O) groups excluding carboxylic acids is 3. The maximum atomic E-state index is 11.3. The van der Waals surface area contributed by atoms with Crippen molar-refractivity contribution in [2.24, 2.45) is 0 Å². The largest absolute Gasteiger partial charge is 0.459 e. The Morgan fingerprint density at radius 2 is 1.88 bits per heavy atom. The first kappa shape index (κ1) is 15.4. The van der Waals surface area contributed by atoms with Gasteiger partial charge in [0.2, 0.25) is 5.91 Å². The van der Waals surface area contributed by atoms with Gasteiger partial charge in [0.05, 0.1) is 6.61 Å². The second kappa shape index (κ2) is 8.55. The predicted octanol–water partition coefficient (Wildman–Crippen LogP) is -0.0295. The summed E-state index contributed by atoms with van der Waals surface area (Å²) in [4.78, 5) is 33.3. The fourth-order valence-corrected chi connectivity index (χ4v) is 1.01. The number of nitrogens with one attached hydrogen (secondary N) is 2. The van der Waals surface area contributed by atoms with Crippen molar-refractivity contribution in [1.29, 1.82) is 0 Å². The number of rotatable bonds is 6. The summed E-state index contributed by atoms with van der Waals surface area (Å²) in [5.74, 6) is -1.89. The van der Waals surface area contributed by atoms with Gasteiger partial charge in [0.25, 0.3) is 0 Å². The second-order valence-corrected chi connectivity index (χ2v) is 3.60. The van der Waals surface area contributed by atoms with E-state index in [1.165, 1.54) is 0 Å². The minimum atomic E-state index is -0.921. The summed E-state index contributed by atoms with van der Waals surface area (Å²) in [5.41, 5.74) is 0.